The van der Waals surface area contributed by atoms with Crippen molar-refractivity contribution in [2.75, 3.05) is 5.32 Å². The molecule has 0 bridgehead atoms. The molecule has 0 heterocycles. The normalized spacial score (nSPS) is 11.8. The lowest BCUT2D eigenvalue weighted by Crippen LogP contribution is -2.45. The molecule has 170 valence electrons. The molecule has 3 aromatic rings. The Morgan fingerprint density at radius 2 is 1.27 bits per heavy atom. The molecule has 3 amide bonds. The van der Waals surface area contributed by atoms with E-state index in [1.54, 1.807) is 48.5 Å². The van der Waals surface area contributed by atoms with E-state index in [1.807, 2.05) is 57.2 Å². The van der Waals surface area contributed by atoms with Gasteiger partial charge in [-0.05, 0) is 62.7 Å². The first-order chi connectivity index (χ1) is 15.7. The summed E-state index contributed by atoms with van der Waals surface area (Å²) in [7, 11) is 0. The number of rotatable bonds is 7. The zero-order valence-electron chi connectivity index (χ0n) is 19.1. The van der Waals surface area contributed by atoms with E-state index < -0.39 is 6.04 Å². The van der Waals surface area contributed by atoms with Gasteiger partial charge < -0.3 is 16.0 Å². The van der Waals surface area contributed by atoms with Gasteiger partial charge in [-0.15, -0.1) is 0 Å². The molecule has 6 heteroatoms. The fraction of sp³-hybridized carbons (Fsp3) is 0.222. The first-order valence-corrected chi connectivity index (χ1v) is 10.8. The van der Waals surface area contributed by atoms with E-state index in [2.05, 4.69) is 16.0 Å². The molecule has 3 N–H and O–H groups in total. The molecule has 33 heavy (non-hydrogen) atoms. The highest BCUT2D eigenvalue weighted by atomic mass is 16.2. The predicted molar refractivity (Wildman–Crippen MR) is 130 cm³/mol. The van der Waals surface area contributed by atoms with E-state index in [-0.39, 0.29) is 23.3 Å². The topological polar surface area (TPSA) is 87.3 Å². The number of anilines is 1. The highest BCUT2D eigenvalue weighted by molar-refractivity contribution is 6.01. The Balaban J connectivity index is 1.72. The van der Waals surface area contributed by atoms with Gasteiger partial charge in [0, 0.05) is 28.8 Å². The maximum atomic E-state index is 13.1. The largest absolute Gasteiger partial charge is 0.347 e. The summed E-state index contributed by atoms with van der Waals surface area (Å²) in [5.41, 5.74) is 2.12. The smallest absolute Gasteiger partial charge is 0.251 e. The van der Waals surface area contributed by atoms with Gasteiger partial charge in [-0.3, -0.25) is 14.4 Å². The van der Waals surface area contributed by atoms with E-state index in [4.69, 9.17) is 0 Å². The quantitative estimate of drug-likeness (QED) is 0.512. The monoisotopic (exact) mass is 443 g/mol. The molecule has 3 aromatic carbocycles. The maximum absolute atomic E-state index is 13.1. The summed E-state index contributed by atoms with van der Waals surface area (Å²) in [6.07, 6.45) is 0.345. The molecular formula is C27H29N3O3. The Labute approximate surface area is 194 Å². The lowest BCUT2D eigenvalue weighted by atomic mass is 10.0. The van der Waals surface area contributed by atoms with Crippen molar-refractivity contribution in [3.8, 4) is 0 Å². The first-order valence-electron chi connectivity index (χ1n) is 10.8. The number of benzene rings is 3. The van der Waals surface area contributed by atoms with Crippen molar-refractivity contribution in [2.45, 2.75) is 38.8 Å². The molecule has 0 radical (unpaired) electrons. The molecule has 6 nitrogen and oxygen atoms in total. The molecular weight excluding hydrogens is 414 g/mol. The zero-order chi connectivity index (χ0) is 23.8. The third-order valence-electron chi connectivity index (χ3n) is 4.84. The van der Waals surface area contributed by atoms with Gasteiger partial charge in [0.05, 0.1) is 0 Å². The predicted octanol–water partition coefficient (Wildman–Crippen LogP) is 4.19. The summed E-state index contributed by atoms with van der Waals surface area (Å²) >= 11 is 0. The van der Waals surface area contributed by atoms with Crippen LogP contribution in [0.4, 0.5) is 5.69 Å². The van der Waals surface area contributed by atoms with Crippen LogP contribution in [0.2, 0.25) is 0 Å². The van der Waals surface area contributed by atoms with Crippen LogP contribution in [0.5, 0.6) is 0 Å². The molecule has 0 fully saturated rings. The van der Waals surface area contributed by atoms with Crippen LogP contribution in [0.15, 0.2) is 84.9 Å². The minimum atomic E-state index is -0.774. The highest BCUT2D eigenvalue weighted by Gasteiger charge is 2.22. The lowest BCUT2D eigenvalue weighted by Gasteiger charge is -2.21. The maximum Gasteiger partial charge on any atom is 0.251 e. The van der Waals surface area contributed by atoms with Gasteiger partial charge in [0.2, 0.25) is 5.91 Å². The van der Waals surface area contributed by atoms with Crippen molar-refractivity contribution in [1.29, 1.82) is 0 Å². The van der Waals surface area contributed by atoms with Crippen LogP contribution in [0, 0.1) is 0 Å². The first kappa shape index (κ1) is 23.7. The van der Waals surface area contributed by atoms with Crippen molar-refractivity contribution < 1.29 is 14.4 Å². The molecule has 0 aliphatic rings. The Morgan fingerprint density at radius 3 is 1.85 bits per heavy atom. The third-order valence-corrected chi connectivity index (χ3v) is 4.84. The fourth-order valence-corrected chi connectivity index (χ4v) is 3.24. The van der Waals surface area contributed by atoms with Crippen LogP contribution in [-0.4, -0.2) is 29.3 Å². The summed E-state index contributed by atoms with van der Waals surface area (Å²) in [5, 5.41) is 8.59. The highest BCUT2D eigenvalue weighted by Crippen LogP contribution is 2.13. The van der Waals surface area contributed by atoms with Crippen molar-refractivity contribution in [3.05, 3.63) is 102 Å². The van der Waals surface area contributed by atoms with E-state index >= 15 is 0 Å². The van der Waals surface area contributed by atoms with Crippen LogP contribution in [-0.2, 0) is 11.2 Å². The fourth-order valence-electron chi connectivity index (χ4n) is 3.24. The SMILES string of the molecule is CC(C)(C)NC(=O)c1ccc(NC(=O)C(Cc2ccccc2)NC(=O)c2ccccc2)cc1. The van der Waals surface area contributed by atoms with E-state index in [0.29, 0.717) is 23.2 Å². The molecule has 1 atom stereocenters. The second kappa shape index (κ2) is 10.6. The van der Waals surface area contributed by atoms with Gasteiger partial charge in [-0.1, -0.05) is 48.5 Å². The number of hydrogen-bond acceptors (Lipinski definition) is 3. The standard InChI is InChI=1S/C27H29N3O3/c1-27(2,3)30-25(32)21-14-16-22(17-15-21)28-26(33)23(18-19-10-6-4-7-11-19)29-24(31)20-12-8-5-9-13-20/h4-17,23H,18H2,1-3H3,(H,28,33)(H,29,31)(H,30,32). The Bertz CT molecular complexity index is 1090. The van der Waals surface area contributed by atoms with Crippen molar-refractivity contribution >= 4 is 23.4 Å². The van der Waals surface area contributed by atoms with Crippen LogP contribution in [0.1, 0.15) is 47.1 Å². The van der Waals surface area contributed by atoms with Gasteiger partial charge in [0.15, 0.2) is 0 Å². The number of carbonyl (C=O) groups excluding carboxylic acids is 3. The Hall–Kier alpha value is -3.93. The van der Waals surface area contributed by atoms with Crippen LogP contribution in [0.3, 0.4) is 0 Å². The molecule has 0 aliphatic carbocycles. The van der Waals surface area contributed by atoms with E-state index in [1.165, 1.54) is 0 Å². The molecule has 0 saturated heterocycles. The van der Waals surface area contributed by atoms with Crippen LogP contribution < -0.4 is 16.0 Å². The second-order valence-electron chi connectivity index (χ2n) is 8.85. The molecule has 3 rings (SSSR count). The van der Waals surface area contributed by atoms with E-state index in [0.717, 1.165) is 5.56 Å². The Morgan fingerprint density at radius 1 is 0.727 bits per heavy atom. The van der Waals surface area contributed by atoms with Gasteiger partial charge in [0.25, 0.3) is 11.8 Å². The summed E-state index contributed by atoms with van der Waals surface area (Å²) in [5.74, 6) is -0.839. The number of amides is 3. The molecule has 0 spiro atoms. The van der Waals surface area contributed by atoms with Gasteiger partial charge in [0.1, 0.15) is 6.04 Å². The average molecular weight is 444 g/mol. The summed E-state index contributed by atoms with van der Waals surface area (Å²) < 4.78 is 0. The minimum Gasteiger partial charge on any atom is -0.347 e. The van der Waals surface area contributed by atoms with Crippen LogP contribution in [0.25, 0.3) is 0 Å². The van der Waals surface area contributed by atoms with E-state index in [9.17, 15) is 14.4 Å². The van der Waals surface area contributed by atoms with Crippen molar-refractivity contribution in [2.24, 2.45) is 0 Å². The second-order valence-corrected chi connectivity index (χ2v) is 8.85. The minimum absolute atomic E-state index is 0.183. The van der Waals surface area contributed by atoms with Gasteiger partial charge in [-0.25, -0.2) is 0 Å². The Kier molecular flexibility index (Phi) is 7.61. The number of nitrogens with one attached hydrogen (secondary N) is 3. The average Bonchev–Trinajstić information content (AvgIpc) is 2.79. The molecule has 0 aromatic heterocycles. The summed E-state index contributed by atoms with van der Waals surface area (Å²) in [4.78, 5) is 38.1. The summed E-state index contributed by atoms with van der Waals surface area (Å²) in [6, 6.07) is 24.2. The molecule has 1 unspecified atom stereocenters. The van der Waals surface area contributed by atoms with Crippen molar-refractivity contribution in [1.82, 2.24) is 10.6 Å². The zero-order valence-corrected chi connectivity index (χ0v) is 19.1. The van der Waals surface area contributed by atoms with Crippen molar-refractivity contribution in [3.63, 3.8) is 0 Å². The number of carbonyl (C=O) groups is 3. The summed E-state index contributed by atoms with van der Waals surface area (Å²) in [6.45, 7) is 5.74. The van der Waals surface area contributed by atoms with Crippen LogP contribution >= 0.6 is 0 Å². The third kappa shape index (κ3) is 7.31. The lowest BCUT2D eigenvalue weighted by molar-refractivity contribution is -0.118. The number of hydrogen-bond donors (Lipinski definition) is 3. The van der Waals surface area contributed by atoms with Gasteiger partial charge >= 0.3 is 0 Å². The molecule has 0 saturated carbocycles. The molecule has 0 aliphatic heterocycles. The van der Waals surface area contributed by atoms with Gasteiger partial charge in [-0.2, -0.15) is 0 Å².